The van der Waals surface area contributed by atoms with E-state index in [1.165, 1.54) is 0 Å². The number of fused-ring (bicyclic) bond motifs is 1. The number of carboxylic acids is 1. The second-order valence-electron chi connectivity index (χ2n) is 3.26. The SMILES string of the molecule is O=C(O)C1=Cc2cc(Br)ccc2OCC1. The molecule has 78 valence electrons. The minimum absolute atomic E-state index is 0.381. The van der Waals surface area contributed by atoms with E-state index in [1.54, 1.807) is 6.08 Å². The van der Waals surface area contributed by atoms with Crippen molar-refractivity contribution >= 4 is 28.0 Å². The highest BCUT2D eigenvalue weighted by Crippen LogP contribution is 2.28. The topological polar surface area (TPSA) is 46.5 Å². The Balaban J connectivity index is 2.48. The number of hydrogen-bond acceptors (Lipinski definition) is 2. The summed E-state index contributed by atoms with van der Waals surface area (Å²) in [4.78, 5) is 10.9. The maximum absolute atomic E-state index is 10.9. The van der Waals surface area contributed by atoms with Crippen molar-refractivity contribution in [3.63, 3.8) is 0 Å². The lowest BCUT2D eigenvalue weighted by Crippen LogP contribution is -2.03. The Labute approximate surface area is 95.5 Å². The molecule has 0 fully saturated rings. The van der Waals surface area contributed by atoms with Gasteiger partial charge in [0.2, 0.25) is 0 Å². The molecule has 4 heteroatoms. The number of benzene rings is 1. The van der Waals surface area contributed by atoms with E-state index in [0.29, 0.717) is 18.6 Å². The maximum Gasteiger partial charge on any atom is 0.331 e. The number of carboxylic acid groups (broad SMARTS) is 1. The van der Waals surface area contributed by atoms with Gasteiger partial charge in [-0.25, -0.2) is 4.79 Å². The van der Waals surface area contributed by atoms with Gasteiger partial charge in [0, 0.05) is 22.0 Å². The third kappa shape index (κ3) is 2.21. The van der Waals surface area contributed by atoms with Gasteiger partial charge in [-0.3, -0.25) is 0 Å². The molecule has 0 aliphatic carbocycles. The van der Waals surface area contributed by atoms with Crippen molar-refractivity contribution in [3.8, 4) is 5.75 Å². The van der Waals surface area contributed by atoms with Gasteiger partial charge in [0.05, 0.1) is 6.61 Å². The van der Waals surface area contributed by atoms with Crippen LogP contribution in [0.15, 0.2) is 28.2 Å². The normalized spacial score (nSPS) is 14.6. The zero-order valence-corrected chi connectivity index (χ0v) is 9.45. The number of carbonyl (C=O) groups is 1. The quantitative estimate of drug-likeness (QED) is 0.852. The first kappa shape index (κ1) is 10.2. The third-order valence-corrected chi connectivity index (χ3v) is 2.70. The summed E-state index contributed by atoms with van der Waals surface area (Å²) < 4.78 is 6.36. The predicted molar refractivity (Wildman–Crippen MR) is 59.9 cm³/mol. The fourth-order valence-electron chi connectivity index (χ4n) is 1.46. The van der Waals surface area contributed by atoms with E-state index in [2.05, 4.69) is 15.9 Å². The Morgan fingerprint density at radius 3 is 3.00 bits per heavy atom. The van der Waals surface area contributed by atoms with Crippen molar-refractivity contribution < 1.29 is 14.6 Å². The molecule has 15 heavy (non-hydrogen) atoms. The first-order valence-electron chi connectivity index (χ1n) is 4.53. The summed E-state index contributed by atoms with van der Waals surface area (Å²) in [7, 11) is 0. The summed E-state index contributed by atoms with van der Waals surface area (Å²) in [5.41, 5.74) is 1.19. The maximum atomic E-state index is 10.9. The molecule has 1 aromatic carbocycles. The van der Waals surface area contributed by atoms with Gasteiger partial charge in [-0.05, 0) is 24.3 Å². The van der Waals surface area contributed by atoms with Crippen LogP contribution in [0.1, 0.15) is 12.0 Å². The molecular formula is C11H9BrO3. The molecule has 2 rings (SSSR count). The fraction of sp³-hybridized carbons (Fsp3) is 0.182. The van der Waals surface area contributed by atoms with Crippen molar-refractivity contribution in [1.82, 2.24) is 0 Å². The zero-order valence-electron chi connectivity index (χ0n) is 7.87. The van der Waals surface area contributed by atoms with E-state index >= 15 is 0 Å². The smallest absolute Gasteiger partial charge is 0.331 e. The van der Waals surface area contributed by atoms with Gasteiger partial charge < -0.3 is 9.84 Å². The second-order valence-corrected chi connectivity index (χ2v) is 4.17. The summed E-state index contributed by atoms with van der Waals surface area (Å²) in [6.07, 6.45) is 2.09. The van der Waals surface area contributed by atoms with Gasteiger partial charge in [0.1, 0.15) is 5.75 Å². The number of aliphatic carboxylic acids is 1. The van der Waals surface area contributed by atoms with Crippen LogP contribution in [0.4, 0.5) is 0 Å². The van der Waals surface area contributed by atoms with E-state index < -0.39 is 5.97 Å². The third-order valence-electron chi connectivity index (χ3n) is 2.21. The molecule has 0 aromatic heterocycles. The summed E-state index contributed by atoms with van der Waals surface area (Å²) >= 11 is 3.34. The van der Waals surface area contributed by atoms with Gasteiger partial charge in [-0.15, -0.1) is 0 Å². The van der Waals surface area contributed by atoms with Crippen LogP contribution < -0.4 is 4.74 Å². The van der Waals surface area contributed by atoms with Gasteiger partial charge in [-0.2, -0.15) is 0 Å². The highest BCUT2D eigenvalue weighted by molar-refractivity contribution is 9.10. The molecule has 0 amide bonds. The van der Waals surface area contributed by atoms with E-state index in [-0.39, 0.29) is 0 Å². The summed E-state index contributed by atoms with van der Waals surface area (Å²) in [6, 6.07) is 5.56. The largest absolute Gasteiger partial charge is 0.493 e. The molecule has 0 radical (unpaired) electrons. The molecule has 0 spiro atoms. The molecule has 3 nitrogen and oxygen atoms in total. The van der Waals surface area contributed by atoms with Crippen LogP contribution in [0.3, 0.4) is 0 Å². The predicted octanol–water partition coefficient (Wildman–Crippen LogP) is 2.70. The summed E-state index contributed by atoms with van der Waals surface area (Å²) in [6.45, 7) is 0.409. The standard InChI is InChI=1S/C11H9BrO3/c12-9-1-2-10-8(6-9)5-7(11(13)14)3-4-15-10/h1-2,5-6H,3-4H2,(H,13,14). The van der Waals surface area contributed by atoms with Gasteiger partial charge in [0.15, 0.2) is 0 Å². The van der Waals surface area contributed by atoms with E-state index in [1.807, 2.05) is 18.2 Å². The Kier molecular flexibility index (Phi) is 2.77. The second kappa shape index (κ2) is 4.06. The molecule has 0 saturated heterocycles. The molecule has 0 saturated carbocycles. The first-order valence-corrected chi connectivity index (χ1v) is 5.32. The molecule has 1 N–H and O–H groups in total. The average Bonchev–Trinajstić information content (AvgIpc) is 2.39. The van der Waals surface area contributed by atoms with Crippen LogP contribution in [-0.2, 0) is 4.79 Å². The Morgan fingerprint density at radius 1 is 1.47 bits per heavy atom. The lowest BCUT2D eigenvalue weighted by atomic mass is 10.1. The first-order chi connectivity index (χ1) is 7.16. The van der Waals surface area contributed by atoms with Crippen LogP contribution in [0.5, 0.6) is 5.75 Å². The lowest BCUT2D eigenvalue weighted by Gasteiger charge is -2.05. The van der Waals surface area contributed by atoms with Crippen LogP contribution in [-0.4, -0.2) is 17.7 Å². The zero-order chi connectivity index (χ0) is 10.8. The Hall–Kier alpha value is -1.29. The van der Waals surface area contributed by atoms with Crippen LogP contribution >= 0.6 is 15.9 Å². The number of rotatable bonds is 1. The van der Waals surface area contributed by atoms with Crippen molar-refractivity contribution in [1.29, 1.82) is 0 Å². The molecule has 0 bridgehead atoms. The van der Waals surface area contributed by atoms with Crippen LogP contribution in [0, 0.1) is 0 Å². The van der Waals surface area contributed by atoms with Crippen molar-refractivity contribution in [2.24, 2.45) is 0 Å². The van der Waals surface area contributed by atoms with Gasteiger partial charge in [-0.1, -0.05) is 15.9 Å². The highest BCUT2D eigenvalue weighted by Gasteiger charge is 2.14. The van der Waals surface area contributed by atoms with E-state index in [9.17, 15) is 4.79 Å². The molecule has 1 aliphatic rings. The average molecular weight is 269 g/mol. The van der Waals surface area contributed by atoms with E-state index in [4.69, 9.17) is 9.84 Å². The van der Waals surface area contributed by atoms with Crippen molar-refractivity contribution in [3.05, 3.63) is 33.8 Å². The lowest BCUT2D eigenvalue weighted by molar-refractivity contribution is -0.132. The molecule has 1 aliphatic heterocycles. The summed E-state index contributed by atoms with van der Waals surface area (Å²) in [5, 5.41) is 8.92. The molecule has 1 aromatic rings. The summed E-state index contributed by atoms with van der Waals surface area (Å²) in [5.74, 6) is -0.152. The minimum atomic E-state index is -0.883. The highest BCUT2D eigenvalue weighted by atomic mass is 79.9. The molecular weight excluding hydrogens is 260 g/mol. The minimum Gasteiger partial charge on any atom is -0.493 e. The van der Waals surface area contributed by atoms with Crippen molar-refractivity contribution in [2.75, 3.05) is 6.61 Å². The van der Waals surface area contributed by atoms with Gasteiger partial charge >= 0.3 is 5.97 Å². The fourth-order valence-corrected chi connectivity index (χ4v) is 1.84. The molecule has 1 heterocycles. The number of ether oxygens (including phenoxy) is 1. The number of hydrogen-bond donors (Lipinski definition) is 1. The monoisotopic (exact) mass is 268 g/mol. The molecule has 0 unspecified atom stereocenters. The van der Waals surface area contributed by atoms with Crippen LogP contribution in [0.2, 0.25) is 0 Å². The van der Waals surface area contributed by atoms with E-state index in [0.717, 1.165) is 15.8 Å². The van der Waals surface area contributed by atoms with Crippen molar-refractivity contribution in [2.45, 2.75) is 6.42 Å². The number of halogens is 1. The van der Waals surface area contributed by atoms with Gasteiger partial charge in [0.25, 0.3) is 0 Å². The Morgan fingerprint density at radius 2 is 2.27 bits per heavy atom. The Bertz CT molecular complexity index is 437. The molecule has 0 atom stereocenters. The van der Waals surface area contributed by atoms with Crippen LogP contribution in [0.25, 0.3) is 6.08 Å².